The van der Waals surface area contributed by atoms with E-state index < -0.39 is 6.10 Å². The summed E-state index contributed by atoms with van der Waals surface area (Å²) in [7, 11) is 0. The molecule has 0 amide bonds. The molecule has 0 saturated heterocycles. The second-order valence-electron chi connectivity index (χ2n) is 9.03. The predicted molar refractivity (Wildman–Crippen MR) is 127 cm³/mol. The fourth-order valence-electron chi connectivity index (χ4n) is 3.66. The smallest absolute Gasteiger partial charge is 0.340 e. The number of hydrogen-bond donors (Lipinski definition) is 2. The second-order valence-corrected chi connectivity index (χ2v) is 9.03. The number of ether oxygens (including phenoxy) is 2. The zero-order chi connectivity index (χ0) is 23.3. The standard InChI is InChI=1S/C26H34N2O4/c1-6-31-25(30)24-18(2)28(16-19-10-8-7-9-11-19)23-13-12-21(14-22(23)24)32-17-20(29)15-27-26(3,4)5/h7-14,20,27,29H,6,15-17H2,1-5H3/t20-/m1/s1. The maximum atomic E-state index is 12.8. The van der Waals surface area contributed by atoms with Crippen LogP contribution < -0.4 is 10.1 Å². The Morgan fingerprint density at radius 1 is 1.16 bits per heavy atom. The van der Waals surface area contributed by atoms with E-state index in [1.54, 1.807) is 6.92 Å². The summed E-state index contributed by atoms with van der Waals surface area (Å²) in [6.45, 7) is 11.5. The van der Waals surface area contributed by atoms with Crippen molar-refractivity contribution in [2.24, 2.45) is 0 Å². The number of carbonyl (C=O) groups excluding carboxylic acids is 1. The monoisotopic (exact) mass is 438 g/mol. The number of aliphatic hydroxyl groups excluding tert-OH is 1. The molecule has 6 heteroatoms. The lowest BCUT2D eigenvalue weighted by atomic mass is 10.1. The Labute approximate surface area is 190 Å². The van der Waals surface area contributed by atoms with Crippen LogP contribution in [0.5, 0.6) is 5.75 Å². The molecule has 0 bridgehead atoms. The molecule has 172 valence electrons. The normalized spacial score (nSPS) is 12.7. The highest BCUT2D eigenvalue weighted by Gasteiger charge is 2.22. The number of esters is 1. The van der Waals surface area contributed by atoms with Crippen molar-refractivity contribution in [3.63, 3.8) is 0 Å². The summed E-state index contributed by atoms with van der Waals surface area (Å²) >= 11 is 0. The van der Waals surface area contributed by atoms with E-state index in [1.807, 2.05) is 64.1 Å². The molecule has 0 aliphatic heterocycles. The van der Waals surface area contributed by atoms with Gasteiger partial charge in [0.25, 0.3) is 0 Å². The van der Waals surface area contributed by atoms with Crippen LogP contribution in [0.3, 0.4) is 0 Å². The lowest BCUT2D eigenvalue weighted by Gasteiger charge is -2.23. The van der Waals surface area contributed by atoms with Crippen LogP contribution in [0, 0.1) is 6.92 Å². The van der Waals surface area contributed by atoms with Crippen LogP contribution in [0.4, 0.5) is 0 Å². The van der Waals surface area contributed by atoms with E-state index in [2.05, 4.69) is 22.0 Å². The lowest BCUT2D eigenvalue weighted by Crippen LogP contribution is -2.42. The number of rotatable bonds is 9. The van der Waals surface area contributed by atoms with Gasteiger partial charge in [-0.3, -0.25) is 0 Å². The molecule has 0 saturated carbocycles. The molecule has 0 fully saturated rings. The van der Waals surface area contributed by atoms with Crippen molar-refractivity contribution in [2.45, 2.75) is 52.8 Å². The van der Waals surface area contributed by atoms with Gasteiger partial charge in [-0.15, -0.1) is 0 Å². The summed E-state index contributed by atoms with van der Waals surface area (Å²) in [6, 6.07) is 15.8. The number of hydrogen-bond acceptors (Lipinski definition) is 5. The van der Waals surface area contributed by atoms with Gasteiger partial charge in [-0.2, -0.15) is 0 Å². The molecule has 1 heterocycles. The molecule has 2 N–H and O–H groups in total. The summed E-state index contributed by atoms with van der Waals surface area (Å²) < 4.78 is 13.3. The SMILES string of the molecule is CCOC(=O)c1c(C)n(Cc2ccccc2)c2ccc(OC[C@H](O)CNC(C)(C)C)cc12. The van der Waals surface area contributed by atoms with Gasteiger partial charge in [0, 0.05) is 35.2 Å². The summed E-state index contributed by atoms with van der Waals surface area (Å²) in [5, 5.41) is 14.3. The van der Waals surface area contributed by atoms with E-state index in [1.165, 1.54) is 0 Å². The Morgan fingerprint density at radius 3 is 2.53 bits per heavy atom. The van der Waals surface area contributed by atoms with Gasteiger partial charge in [-0.25, -0.2) is 4.79 Å². The molecule has 32 heavy (non-hydrogen) atoms. The highest BCUT2D eigenvalue weighted by molar-refractivity contribution is 6.06. The molecule has 2 aromatic carbocycles. The molecule has 0 aliphatic rings. The number of aliphatic hydroxyl groups is 1. The predicted octanol–water partition coefficient (Wildman–Crippen LogP) is 4.30. The summed E-state index contributed by atoms with van der Waals surface area (Å²) in [5.41, 5.74) is 3.43. The third-order valence-electron chi connectivity index (χ3n) is 5.27. The van der Waals surface area contributed by atoms with E-state index in [9.17, 15) is 9.90 Å². The summed E-state index contributed by atoms with van der Waals surface area (Å²) in [5.74, 6) is 0.267. The number of carbonyl (C=O) groups is 1. The Morgan fingerprint density at radius 2 is 1.88 bits per heavy atom. The lowest BCUT2D eigenvalue weighted by molar-refractivity contribution is 0.0527. The third-order valence-corrected chi connectivity index (χ3v) is 5.27. The van der Waals surface area contributed by atoms with E-state index in [0.29, 0.717) is 31.0 Å². The topological polar surface area (TPSA) is 72.7 Å². The zero-order valence-electron chi connectivity index (χ0n) is 19.6. The van der Waals surface area contributed by atoms with E-state index >= 15 is 0 Å². The molecule has 1 aromatic heterocycles. The highest BCUT2D eigenvalue weighted by Crippen LogP contribution is 2.31. The Hall–Kier alpha value is -2.83. The minimum atomic E-state index is -0.640. The van der Waals surface area contributed by atoms with Crippen molar-refractivity contribution >= 4 is 16.9 Å². The average Bonchev–Trinajstić information content (AvgIpc) is 3.02. The van der Waals surface area contributed by atoms with E-state index in [-0.39, 0.29) is 18.1 Å². The van der Waals surface area contributed by atoms with E-state index in [0.717, 1.165) is 22.2 Å². The largest absolute Gasteiger partial charge is 0.491 e. The third kappa shape index (κ3) is 5.90. The number of fused-ring (bicyclic) bond motifs is 1. The number of nitrogens with zero attached hydrogens (tertiary/aromatic N) is 1. The molecule has 0 radical (unpaired) electrons. The second kappa shape index (κ2) is 10.2. The number of aromatic nitrogens is 1. The Balaban J connectivity index is 1.89. The first kappa shape index (κ1) is 23.8. The van der Waals surface area contributed by atoms with Crippen molar-refractivity contribution < 1.29 is 19.4 Å². The van der Waals surface area contributed by atoms with Gasteiger partial charge in [0.2, 0.25) is 0 Å². The van der Waals surface area contributed by atoms with Gasteiger partial charge in [0.15, 0.2) is 0 Å². The quantitative estimate of drug-likeness (QED) is 0.487. The molecule has 0 spiro atoms. The first-order valence-corrected chi connectivity index (χ1v) is 11.1. The van der Waals surface area contributed by atoms with Gasteiger partial charge in [-0.1, -0.05) is 30.3 Å². The van der Waals surface area contributed by atoms with Gasteiger partial charge in [0.05, 0.1) is 12.2 Å². The maximum Gasteiger partial charge on any atom is 0.340 e. The molecule has 3 rings (SSSR count). The van der Waals surface area contributed by atoms with Crippen LogP contribution in [0.2, 0.25) is 0 Å². The van der Waals surface area contributed by atoms with Crippen LogP contribution in [-0.2, 0) is 11.3 Å². The fraction of sp³-hybridized carbons (Fsp3) is 0.423. The Kier molecular flexibility index (Phi) is 7.59. The number of nitrogens with one attached hydrogen (secondary N) is 1. The minimum Gasteiger partial charge on any atom is -0.491 e. The van der Waals surface area contributed by atoms with Crippen LogP contribution in [0.15, 0.2) is 48.5 Å². The van der Waals surface area contributed by atoms with Gasteiger partial charge in [0.1, 0.15) is 18.5 Å². The molecular formula is C26H34N2O4. The molecule has 1 atom stereocenters. The summed E-state index contributed by atoms with van der Waals surface area (Å²) in [6.07, 6.45) is -0.640. The molecule has 3 aromatic rings. The van der Waals surface area contributed by atoms with Crippen LogP contribution in [0.1, 0.15) is 49.3 Å². The first-order chi connectivity index (χ1) is 15.2. The Bertz CT molecular complexity index is 1050. The molecule has 0 unspecified atom stereocenters. The van der Waals surface area contributed by atoms with Crippen molar-refractivity contribution in [3.05, 3.63) is 65.4 Å². The van der Waals surface area contributed by atoms with Gasteiger partial charge >= 0.3 is 5.97 Å². The molecular weight excluding hydrogens is 404 g/mol. The fourth-order valence-corrected chi connectivity index (χ4v) is 3.66. The number of benzene rings is 2. The van der Waals surface area contributed by atoms with E-state index in [4.69, 9.17) is 9.47 Å². The first-order valence-electron chi connectivity index (χ1n) is 11.1. The van der Waals surface area contributed by atoms with Crippen LogP contribution >= 0.6 is 0 Å². The minimum absolute atomic E-state index is 0.0758. The zero-order valence-corrected chi connectivity index (χ0v) is 19.6. The maximum absolute atomic E-state index is 12.8. The van der Waals surface area contributed by atoms with Crippen LogP contribution in [0.25, 0.3) is 10.9 Å². The van der Waals surface area contributed by atoms with Crippen LogP contribution in [-0.4, -0.2) is 47.0 Å². The average molecular weight is 439 g/mol. The van der Waals surface area contributed by atoms with Crippen molar-refractivity contribution in [1.82, 2.24) is 9.88 Å². The highest BCUT2D eigenvalue weighted by atomic mass is 16.5. The number of β-amino-alcohol motifs (C(OH)–C–C–N with tert-alkyl or cyclic N) is 1. The van der Waals surface area contributed by atoms with Crippen molar-refractivity contribution in [1.29, 1.82) is 0 Å². The summed E-state index contributed by atoms with van der Waals surface area (Å²) in [4.78, 5) is 12.8. The molecule has 0 aliphatic carbocycles. The van der Waals surface area contributed by atoms with Gasteiger partial charge in [-0.05, 0) is 58.4 Å². The van der Waals surface area contributed by atoms with Gasteiger partial charge < -0.3 is 24.5 Å². The van der Waals surface area contributed by atoms with Crippen molar-refractivity contribution in [2.75, 3.05) is 19.8 Å². The molecule has 6 nitrogen and oxygen atoms in total. The van der Waals surface area contributed by atoms with Crippen molar-refractivity contribution in [3.8, 4) is 5.75 Å².